The van der Waals surface area contributed by atoms with E-state index in [9.17, 15) is 4.79 Å². The van der Waals surface area contributed by atoms with Gasteiger partial charge < -0.3 is 14.7 Å². The molecule has 4 heteroatoms. The number of aromatic amines is 2. The van der Waals surface area contributed by atoms with Crippen LogP contribution < -0.4 is 0 Å². The first-order chi connectivity index (χ1) is 7.79. The smallest absolute Gasteiger partial charge is 0.354 e. The molecule has 0 aliphatic rings. The summed E-state index contributed by atoms with van der Waals surface area (Å²) in [5.41, 5.74) is 2.48. The Kier molecular flexibility index (Phi) is 1.77. The van der Waals surface area contributed by atoms with Crippen molar-refractivity contribution in [3.63, 3.8) is 0 Å². The van der Waals surface area contributed by atoms with Gasteiger partial charge in [0.2, 0.25) is 0 Å². The number of esters is 1. The summed E-state index contributed by atoms with van der Waals surface area (Å²) in [7, 11) is 1.37. The van der Waals surface area contributed by atoms with Gasteiger partial charge in [-0.2, -0.15) is 0 Å². The first kappa shape index (κ1) is 9.03. The van der Waals surface area contributed by atoms with Crippen LogP contribution in [0, 0.1) is 0 Å². The number of aromatic nitrogens is 2. The molecule has 4 nitrogen and oxygen atoms in total. The van der Waals surface area contributed by atoms with Crippen molar-refractivity contribution in [3.8, 4) is 0 Å². The van der Waals surface area contributed by atoms with Gasteiger partial charge in [-0.15, -0.1) is 0 Å². The van der Waals surface area contributed by atoms with Gasteiger partial charge in [-0.25, -0.2) is 4.79 Å². The van der Waals surface area contributed by atoms with Crippen LogP contribution in [0.2, 0.25) is 0 Å². The second-order valence-corrected chi connectivity index (χ2v) is 3.64. The van der Waals surface area contributed by atoms with Crippen LogP contribution in [-0.4, -0.2) is 23.0 Å². The van der Waals surface area contributed by atoms with Gasteiger partial charge in [0, 0.05) is 22.5 Å². The van der Waals surface area contributed by atoms with E-state index < -0.39 is 0 Å². The molecule has 80 valence electrons. The summed E-state index contributed by atoms with van der Waals surface area (Å²) in [5.74, 6) is -0.347. The van der Waals surface area contributed by atoms with Crippen molar-refractivity contribution in [2.45, 2.75) is 0 Å². The molecule has 0 atom stereocenters. The predicted octanol–water partition coefficient (Wildman–Crippen LogP) is 2.44. The number of hydrogen-bond acceptors (Lipinski definition) is 2. The molecule has 16 heavy (non-hydrogen) atoms. The lowest BCUT2D eigenvalue weighted by molar-refractivity contribution is 0.0595. The van der Waals surface area contributed by atoms with Crippen LogP contribution in [0.4, 0.5) is 0 Å². The molecule has 2 N–H and O–H groups in total. The zero-order valence-electron chi connectivity index (χ0n) is 8.70. The lowest BCUT2D eigenvalue weighted by atomic mass is 10.2. The van der Waals surface area contributed by atoms with E-state index in [0.717, 1.165) is 21.8 Å². The molecule has 0 saturated heterocycles. The van der Waals surface area contributed by atoms with Gasteiger partial charge in [-0.3, -0.25) is 0 Å². The van der Waals surface area contributed by atoms with Crippen molar-refractivity contribution in [3.05, 3.63) is 36.2 Å². The Hall–Kier alpha value is -2.23. The lowest BCUT2D eigenvalue weighted by Crippen LogP contribution is -2.00. The Bertz CT molecular complexity index is 679. The number of carbonyl (C=O) groups is 1. The standard InChI is InChI=1S/C12H10N2O2/c1-16-12(15)10-6-7-2-3-9-8(4-5-13-9)11(7)14-10/h2-6,13-14H,1H3. The van der Waals surface area contributed by atoms with Crippen molar-refractivity contribution < 1.29 is 9.53 Å². The SMILES string of the molecule is COC(=O)c1cc2ccc3[nH]ccc3c2[nH]1. The quantitative estimate of drug-likeness (QED) is 0.611. The molecule has 0 bridgehead atoms. The van der Waals surface area contributed by atoms with Crippen LogP contribution in [0.5, 0.6) is 0 Å². The normalized spacial score (nSPS) is 11.1. The summed E-state index contributed by atoms with van der Waals surface area (Å²) < 4.78 is 4.68. The van der Waals surface area contributed by atoms with E-state index in [0.29, 0.717) is 5.69 Å². The minimum Gasteiger partial charge on any atom is -0.464 e. The van der Waals surface area contributed by atoms with Crippen molar-refractivity contribution in [2.75, 3.05) is 7.11 Å². The molecule has 0 amide bonds. The fourth-order valence-corrected chi connectivity index (χ4v) is 1.96. The minimum atomic E-state index is -0.347. The summed E-state index contributed by atoms with van der Waals surface area (Å²) in [5, 5.41) is 2.08. The molecule has 0 radical (unpaired) electrons. The Morgan fingerprint density at radius 3 is 3.00 bits per heavy atom. The zero-order valence-corrected chi connectivity index (χ0v) is 8.70. The molecule has 0 saturated carbocycles. The van der Waals surface area contributed by atoms with Crippen molar-refractivity contribution >= 4 is 27.8 Å². The fourth-order valence-electron chi connectivity index (χ4n) is 1.96. The van der Waals surface area contributed by atoms with Crippen LogP contribution >= 0.6 is 0 Å². The van der Waals surface area contributed by atoms with Gasteiger partial charge in [0.1, 0.15) is 5.69 Å². The molecule has 0 aliphatic carbocycles. The van der Waals surface area contributed by atoms with E-state index in [-0.39, 0.29) is 5.97 Å². The average molecular weight is 214 g/mol. The lowest BCUT2D eigenvalue weighted by Gasteiger charge is -1.93. The average Bonchev–Trinajstić information content (AvgIpc) is 2.92. The summed E-state index contributed by atoms with van der Waals surface area (Å²) in [6.07, 6.45) is 1.88. The molecular weight excluding hydrogens is 204 g/mol. The van der Waals surface area contributed by atoms with E-state index in [4.69, 9.17) is 0 Å². The van der Waals surface area contributed by atoms with E-state index in [1.165, 1.54) is 7.11 Å². The predicted molar refractivity (Wildman–Crippen MR) is 61.5 cm³/mol. The Labute approximate surface area is 91.2 Å². The highest BCUT2D eigenvalue weighted by Gasteiger charge is 2.11. The molecule has 2 heterocycles. The first-order valence-corrected chi connectivity index (χ1v) is 4.97. The first-order valence-electron chi connectivity index (χ1n) is 4.97. The second-order valence-electron chi connectivity index (χ2n) is 3.64. The van der Waals surface area contributed by atoms with Crippen LogP contribution in [-0.2, 0) is 4.74 Å². The van der Waals surface area contributed by atoms with Crippen LogP contribution in [0.3, 0.4) is 0 Å². The van der Waals surface area contributed by atoms with Gasteiger partial charge in [0.25, 0.3) is 0 Å². The van der Waals surface area contributed by atoms with E-state index in [2.05, 4.69) is 14.7 Å². The number of nitrogens with one attached hydrogen (secondary N) is 2. The zero-order chi connectivity index (χ0) is 11.1. The summed E-state index contributed by atoms with van der Waals surface area (Å²) >= 11 is 0. The van der Waals surface area contributed by atoms with Crippen LogP contribution in [0.15, 0.2) is 30.5 Å². The molecule has 0 unspecified atom stereocenters. The third kappa shape index (κ3) is 1.13. The molecule has 0 fully saturated rings. The minimum absolute atomic E-state index is 0.347. The number of methoxy groups -OCH3 is 1. The van der Waals surface area contributed by atoms with Gasteiger partial charge in [0.05, 0.1) is 12.6 Å². The number of hydrogen-bond donors (Lipinski definition) is 2. The molecule has 2 aromatic heterocycles. The summed E-state index contributed by atoms with van der Waals surface area (Å²) in [6, 6.07) is 7.74. The highest BCUT2D eigenvalue weighted by atomic mass is 16.5. The number of rotatable bonds is 1. The molecule has 3 aromatic rings. The van der Waals surface area contributed by atoms with Gasteiger partial charge >= 0.3 is 5.97 Å². The van der Waals surface area contributed by atoms with E-state index in [1.54, 1.807) is 6.07 Å². The molecule has 0 spiro atoms. The molecular formula is C12H10N2O2. The molecule has 3 rings (SSSR count). The maximum absolute atomic E-state index is 11.4. The number of benzene rings is 1. The monoisotopic (exact) mass is 214 g/mol. The van der Waals surface area contributed by atoms with Gasteiger partial charge in [0.15, 0.2) is 0 Å². The second kappa shape index (κ2) is 3.13. The third-order valence-electron chi connectivity index (χ3n) is 2.73. The molecule has 1 aromatic carbocycles. The number of H-pyrrole nitrogens is 2. The van der Waals surface area contributed by atoms with Crippen molar-refractivity contribution in [1.29, 1.82) is 0 Å². The van der Waals surface area contributed by atoms with E-state index >= 15 is 0 Å². The Balaban J connectivity index is 2.34. The van der Waals surface area contributed by atoms with E-state index in [1.807, 2.05) is 24.4 Å². The largest absolute Gasteiger partial charge is 0.464 e. The summed E-state index contributed by atoms with van der Waals surface area (Å²) in [4.78, 5) is 17.6. The highest BCUT2D eigenvalue weighted by molar-refractivity contribution is 6.07. The highest BCUT2D eigenvalue weighted by Crippen LogP contribution is 2.24. The Morgan fingerprint density at radius 1 is 1.31 bits per heavy atom. The van der Waals surface area contributed by atoms with Gasteiger partial charge in [-0.1, -0.05) is 6.07 Å². The maximum atomic E-state index is 11.4. The van der Waals surface area contributed by atoms with Gasteiger partial charge in [-0.05, 0) is 18.2 Å². The van der Waals surface area contributed by atoms with Crippen molar-refractivity contribution in [2.24, 2.45) is 0 Å². The third-order valence-corrected chi connectivity index (χ3v) is 2.73. The number of fused-ring (bicyclic) bond motifs is 3. The van der Waals surface area contributed by atoms with Crippen LogP contribution in [0.25, 0.3) is 21.8 Å². The fraction of sp³-hybridized carbons (Fsp3) is 0.0833. The molecule has 0 aliphatic heterocycles. The number of ether oxygens (including phenoxy) is 1. The van der Waals surface area contributed by atoms with Crippen LogP contribution in [0.1, 0.15) is 10.5 Å². The maximum Gasteiger partial charge on any atom is 0.354 e. The topological polar surface area (TPSA) is 57.9 Å². The Morgan fingerprint density at radius 2 is 2.19 bits per heavy atom. The van der Waals surface area contributed by atoms with Crippen molar-refractivity contribution in [1.82, 2.24) is 9.97 Å². The number of carbonyl (C=O) groups excluding carboxylic acids is 1. The summed E-state index contributed by atoms with van der Waals surface area (Å²) in [6.45, 7) is 0.